The van der Waals surface area contributed by atoms with Gasteiger partial charge in [0.25, 0.3) is 0 Å². The van der Waals surface area contributed by atoms with Crippen LogP contribution in [0.25, 0.3) is 17.5 Å². The van der Waals surface area contributed by atoms with E-state index in [1.807, 2.05) is 13.2 Å². The number of aromatic nitrogens is 2. The van der Waals surface area contributed by atoms with Crippen LogP contribution in [0.2, 0.25) is 5.02 Å². The van der Waals surface area contributed by atoms with E-state index in [0.29, 0.717) is 16.9 Å². The van der Waals surface area contributed by atoms with E-state index >= 15 is 0 Å². The average molecular weight is 353 g/mol. The molecule has 23 heavy (non-hydrogen) atoms. The molecule has 7 heteroatoms. The van der Waals surface area contributed by atoms with Crippen LogP contribution in [-0.2, 0) is 0 Å². The molecule has 0 N–H and O–H groups in total. The summed E-state index contributed by atoms with van der Waals surface area (Å²) in [5, 5.41) is 0.739. The number of rotatable bonds is 5. The van der Waals surface area contributed by atoms with E-state index < -0.39 is 5.82 Å². The number of hydrogen-bond acceptors (Lipinski definition) is 5. The summed E-state index contributed by atoms with van der Waals surface area (Å²) in [6.45, 7) is 1.83. The largest absolute Gasteiger partial charge is 0.492 e. The molecule has 0 fully saturated rings. The van der Waals surface area contributed by atoms with Gasteiger partial charge in [-0.05, 0) is 25.3 Å². The third-order valence-electron chi connectivity index (χ3n) is 3.07. The monoisotopic (exact) mass is 352 g/mol. The van der Waals surface area contributed by atoms with Gasteiger partial charge in [-0.1, -0.05) is 23.8 Å². The number of benzene rings is 1. The van der Waals surface area contributed by atoms with E-state index in [2.05, 4.69) is 9.97 Å². The van der Waals surface area contributed by atoms with E-state index in [4.69, 9.17) is 16.3 Å². The normalized spacial score (nSPS) is 11.0. The molecule has 0 amide bonds. The number of allylic oxidation sites excluding steroid dienone is 1. The Morgan fingerprint density at radius 1 is 1.35 bits per heavy atom. The fraction of sp³-hybridized carbons (Fsp3) is 0.188. The SMILES string of the molecule is C/C=C\c1c(C=O)nc(-c2ccc(Cl)c(OC)c2F)nc1SC. The first-order chi connectivity index (χ1) is 11.1. The second-order valence-electron chi connectivity index (χ2n) is 4.42. The predicted molar refractivity (Wildman–Crippen MR) is 90.9 cm³/mol. The van der Waals surface area contributed by atoms with Gasteiger partial charge in [0.2, 0.25) is 0 Å². The minimum Gasteiger partial charge on any atom is -0.492 e. The first-order valence-electron chi connectivity index (χ1n) is 6.63. The van der Waals surface area contributed by atoms with Gasteiger partial charge in [0.15, 0.2) is 23.7 Å². The molecule has 0 aliphatic heterocycles. The first kappa shape index (κ1) is 17.4. The summed E-state index contributed by atoms with van der Waals surface area (Å²) in [5.41, 5.74) is 0.933. The first-order valence-corrected chi connectivity index (χ1v) is 8.23. The molecule has 0 saturated carbocycles. The molecule has 0 atom stereocenters. The molecule has 0 saturated heterocycles. The molecular formula is C16H14ClFN2O2S. The molecule has 2 rings (SSSR count). The maximum Gasteiger partial charge on any atom is 0.177 e. The van der Waals surface area contributed by atoms with Crippen molar-refractivity contribution in [1.82, 2.24) is 9.97 Å². The molecule has 4 nitrogen and oxygen atoms in total. The lowest BCUT2D eigenvalue weighted by Gasteiger charge is -2.11. The van der Waals surface area contributed by atoms with Crippen molar-refractivity contribution in [1.29, 1.82) is 0 Å². The Kier molecular flexibility index (Phi) is 5.74. The number of hydrogen-bond donors (Lipinski definition) is 0. The quantitative estimate of drug-likeness (QED) is 0.450. The highest BCUT2D eigenvalue weighted by Crippen LogP contribution is 2.34. The Morgan fingerprint density at radius 2 is 2.09 bits per heavy atom. The highest BCUT2D eigenvalue weighted by molar-refractivity contribution is 7.98. The number of nitrogens with zero attached hydrogens (tertiary/aromatic N) is 2. The number of ether oxygens (including phenoxy) is 1. The third kappa shape index (κ3) is 3.38. The van der Waals surface area contributed by atoms with Gasteiger partial charge in [-0.15, -0.1) is 11.8 Å². The molecule has 0 radical (unpaired) electrons. The topological polar surface area (TPSA) is 52.1 Å². The van der Waals surface area contributed by atoms with Gasteiger partial charge in [-0.3, -0.25) is 4.79 Å². The fourth-order valence-electron chi connectivity index (χ4n) is 2.05. The van der Waals surface area contributed by atoms with Crippen LogP contribution in [0.1, 0.15) is 23.0 Å². The Hall–Kier alpha value is -1.92. The second kappa shape index (κ2) is 7.57. The maximum absolute atomic E-state index is 14.5. The van der Waals surface area contributed by atoms with Crippen molar-refractivity contribution in [2.24, 2.45) is 0 Å². The highest BCUT2D eigenvalue weighted by atomic mass is 35.5. The van der Waals surface area contributed by atoms with Crippen LogP contribution in [0.15, 0.2) is 23.2 Å². The summed E-state index contributed by atoms with van der Waals surface area (Å²) in [7, 11) is 1.33. The summed E-state index contributed by atoms with van der Waals surface area (Å²) in [4.78, 5) is 19.9. The number of carbonyl (C=O) groups excluding carboxylic acids is 1. The van der Waals surface area contributed by atoms with Gasteiger partial charge in [0.05, 0.1) is 17.7 Å². The van der Waals surface area contributed by atoms with Crippen LogP contribution in [0, 0.1) is 5.82 Å². The van der Waals surface area contributed by atoms with Crippen molar-refractivity contribution in [2.45, 2.75) is 11.9 Å². The molecule has 1 aromatic heterocycles. The van der Waals surface area contributed by atoms with E-state index in [9.17, 15) is 9.18 Å². The lowest BCUT2D eigenvalue weighted by molar-refractivity contribution is 0.111. The minimum atomic E-state index is -0.664. The van der Waals surface area contributed by atoms with Crippen molar-refractivity contribution in [3.8, 4) is 17.1 Å². The maximum atomic E-state index is 14.5. The highest BCUT2D eigenvalue weighted by Gasteiger charge is 2.19. The van der Waals surface area contributed by atoms with Crippen LogP contribution in [0.4, 0.5) is 4.39 Å². The molecule has 120 valence electrons. The van der Waals surface area contributed by atoms with Gasteiger partial charge >= 0.3 is 0 Å². The summed E-state index contributed by atoms with van der Waals surface area (Å²) in [5.74, 6) is -0.636. The fourth-order valence-corrected chi connectivity index (χ4v) is 2.84. The molecule has 1 heterocycles. The zero-order chi connectivity index (χ0) is 17.0. The van der Waals surface area contributed by atoms with Gasteiger partial charge in [0, 0.05) is 5.56 Å². The molecule has 0 spiro atoms. The molecule has 0 bridgehead atoms. The smallest absolute Gasteiger partial charge is 0.177 e. The van der Waals surface area contributed by atoms with Gasteiger partial charge in [-0.25, -0.2) is 14.4 Å². The number of carbonyl (C=O) groups is 1. The summed E-state index contributed by atoms with van der Waals surface area (Å²) < 4.78 is 19.5. The van der Waals surface area contributed by atoms with Gasteiger partial charge < -0.3 is 4.74 Å². The van der Waals surface area contributed by atoms with Crippen molar-refractivity contribution < 1.29 is 13.9 Å². The standard InChI is InChI=1S/C16H14ClFN2O2S/c1-4-5-9-12(8-21)19-15(20-16(9)23-3)10-6-7-11(17)14(22-2)13(10)18/h4-8H,1-3H3/b5-4-. The van der Waals surface area contributed by atoms with E-state index in [-0.39, 0.29) is 27.9 Å². The second-order valence-corrected chi connectivity index (χ2v) is 5.62. The Balaban J connectivity index is 2.72. The molecular weight excluding hydrogens is 339 g/mol. The Morgan fingerprint density at radius 3 is 2.65 bits per heavy atom. The zero-order valence-electron chi connectivity index (χ0n) is 12.8. The van der Waals surface area contributed by atoms with Crippen LogP contribution in [0.5, 0.6) is 5.75 Å². The van der Waals surface area contributed by atoms with Crippen LogP contribution < -0.4 is 4.74 Å². The van der Waals surface area contributed by atoms with Crippen LogP contribution >= 0.6 is 23.4 Å². The summed E-state index contributed by atoms with van der Waals surface area (Å²) in [6, 6.07) is 2.96. The Labute approximate surface area is 142 Å². The zero-order valence-corrected chi connectivity index (χ0v) is 14.3. The van der Waals surface area contributed by atoms with Crippen molar-refractivity contribution in [3.63, 3.8) is 0 Å². The minimum absolute atomic E-state index is 0.0800. The average Bonchev–Trinajstić information content (AvgIpc) is 2.56. The van der Waals surface area contributed by atoms with Crippen molar-refractivity contribution in [3.05, 3.63) is 40.3 Å². The Bertz CT molecular complexity index is 781. The predicted octanol–water partition coefficient (Wildman–Crippen LogP) is 4.51. The molecule has 0 aliphatic carbocycles. The van der Waals surface area contributed by atoms with Crippen molar-refractivity contribution in [2.75, 3.05) is 13.4 Å². The number of aldehydes is 1. The van der Waals surface area contributed by atoms with Crippen LogP contribution in [-0.4, -0.2) is 29.6 Å². The van der Waals surface area contributed by atoms with Crippen molar-refractivity contribution >= 4 is 35.7 Å². The molecule has 0 aliphatic rings. The number of thioether (sulfide) groups is 1. The van der Waals surface area contributed by atoms with Gasteiger partial charge in [-0.2, -0.15) is 0 Å². The summed E-state index contributed by atoms with van der Waals surface area (Å²) >= 11 is 7.25. The third-order valence-corrected chi connectivity index (χ3v) is 4.07. The summed E-state index contributed by atoms with van der Waals surface area (Å²) in [6.07, 6.45) is 5.99. The van der Waals surface area contributed by atoms with E-state index in [0.717, 1.165) is 0 Å². The number of halogens is 2. The number of methoxy groups -OCH3 is 1. The molecule has 2 aromatic rings. The molecule has 1 aromatic carbocycles. The lowest BCUT2D eigenvalue weighted by Crippen LogP contribution is -2.03. The van der Waals surface area contributed by atoms with E-state index in [1.165, 1.54) is 31.0 Å². The lowest BCUT2D eigenvalue weighted by atomic mass is 10.1. The molecule has 0 unspecified atom stereocenters. The van der Waals surface area contributed by atoms with Gasteiger partial charge in [0.1, 0.15) is 10.7 Å². The van der Waals surface area contributed by atoms with E-state index in [1.54, 1.807) is 12.2 Å². The van der Waals surface area contributed by atoms with Crippen LogP contribution in [0.3, 0.4) is 0 Å².